The molecular weight excluding hydrogens is 290 g/mol. The van der Waals surface area contributed by atoms with E-state index in [4.69, 9.17) is 4.42 Å². The van der Waals surface area contributed by atoms with E-state index in [9.17, 15) is 4.79 Å². The van der Waals surface area contributed by atoms with Gasteiger partial charge in [-0.2, -0.15) is 5.10 Å². The Kier molecular flexibility index (Phi) is 4.74. The van der Waals surface area contributed by atoms with Crippen molar-refractivity contribution in [2.75, 3.05) is 0 Å². The van der Waals surface area contributed by atoms with E-state index in [0.29, 0.717) is 0 Å². The van der Waals surface area contributed by atoms with Gasteiger partial charge in [0.15, 0.2) is 0 Å². The molecule has 1 N–H and O–H groups in total. The molecule has 0 saturated heterocycles. The third-order valence-corrected chi connectivity index (χ3v) is 4.37. The van der Waals surface area contributed by atoms with Gasteiger partial charge in [0.1, 0.15) is 5.76 Å². The van der Waals surface area contributed by atoms with E-state index in [0.717, 1.165) is 61.6 Å². The highest BCUT2D eigenvalue weighted by atomic mass is 16.4. The second kappa shape index (κ2) is 6.94. The molecule has 0 aromatic carbocycles. The summed E-state index contributed by atoms with van der Waals surface area (Å²) in [5.74, 6) is 1.70. The van der Waals surface area contributed by atoms with Crippen molar-refractivity contribution >= 4 is 17.2 Å². The normalized spacial score (nSPS) is 21.0. The fourth-order valence-electron chi connectivity index (χ4n) is 2.93. The number of allylic oxidation sites excluding steroid dienone is 4. The molecule has 1 atom stereocenters. The van der Waals surface area contributed by atoms with Gasteiger partial charge in [-0.25, -0.2) is 10.4 Å². The fourth-order valence-corrected chi connectivity index (χ4v) is 2.93. The van der Waals surface area contributed by atoms with Crippen molar-refractivity contribution in [3.8, 4) is 0 Å². The molecule has 1 amide bonds. The summed E-state index contributed by atoms with van der Waals surface area (Å²) in [7, 11) is 0. The maximum atomic E-state index is 11.4. The zero-order valence-corrected chi connectivity index (χ0v) is 13.8. The van der Waals surface area contributed by atoms with Crippen molar-refractivity contribution < 1.29 is 9.21 Å². The summed E-state index contributed by atoms with van der Waals surface area (Å²) in [5, 5.41) is 4.15. The summed E-state index contributed by atoms with van der Waals surface area (Å²) in [6, 6.07) is 0. The number of aryl methyl sites for hydroxylation is 2. The minimum absolute atomic E-state index is 0.0144. The quantitative estimate of drug-likeness (QED) is 0.904. The van der Waals surface area contributed by atoms with E-state index in [-0.39, 0.29) is 11.8 Å². The van der Waals surface area contributed by atoms with E-state index in [1.165, 1.54) is 5.57 Å². The highest BCUT2D eigenvalue weighted by molar-refractivity contribution is 5.93. The standard InChI is InChI=1S/C18H23N3O2/c1-12-11-15(20-21-17(12)22)9-6-10-16-13(2)23-18(19-16)14-7-4-3-5-8-14/h3-4,7,12H,5-6,8-11H2,1-2H3,(H,21,22). The van der Waals surface area contributed by atoms with Crippen LogP contribution in [0, 0.1) is 12.8 Å². The fraction of sp³-hybridized carbons (Fsp3) is 0.500. The van der Waals surface area contributed by atoms with Gasteiger partial charge in [0, 0.05) is 17.2 Å². The Labute approximate surface area is 136 Å². The molecule has 0 bridgehead atoms. The van der Waals surface area contributed by atoms with E-state index in [1.54, 1.807) is 0 Å². The van der Waals surface area contributed by atoms with Crippen LogP contribution in [-0.2, 0) is 11.2 Å². The van der Waals surface area contributed by atoms with Gasteiger partial charge in [-0.05, 0) is 45.4 Å². The number of nitrogens with one attached hydrogen (secondary N) is 1. The smallest absolute Gasteiger partial charge is 0.243 e. The van der Waals surface area contributed by atoms with E-state index < -0.39 is 0 Å². The van der Waals surface area contributed by atoms with E-state index in [2.05, 4.69) is 33.7 Å². The average molecular weight is 313 g/mol. The van der Waals surface area contributed by atoms with E-state index in [1.807, 2.05) is 13.8 Å². The Morgan fingerprint density at radius 3 is 3.00 bits per heavy atom. The summed E-state index contributed by atoms with van der Waals surface area (Å²) < 4.78 is 5.83. The van der Waals surface area contributed by atoms with Gasteiger partial charge in [0.25, 0.3) is 0 Å². The molecule has 5 nitrogen and oxygen atoms in total. The van der Waals surface area contributed by atoms with Crippen LogP contribution >= 0.6 is 0 Å². The minimum atomic E-state index is 0.0144. The first kappa shape index (κ1) is 15.7. The molecule has 122 valence electrons. The van der Waals surface area contributed by atoms with Crippen molar-refractivity contribution in [2.24, 2.45) is 11.0 Å². The Morgan fingerprint density at radius 1 is 1.39 bits per heavy atom. The topological polar surface area (TPSA) is 67.5 Å². The third-order valence-electron chi connectivity index (χ3n) is 4.37. The second-order valence-electron chi connectivity index (χ2n) is 6.29. The van der Waals surface area contributed by atoms with Gasteiger partial charge in [-0.15, -0.1) is 0 Å². The number of hydrogen-bond donors (Lipinski definition) is 1. The minimum Gasteiger partial charge on any atom is -0.441 e. The molecule has 5 heteroatoms. The molecule has 2 aliphatic rings. The molecule has 3 rings (SSSR count). The van der Waals surface area contributed by atoms with Crippen LogP contribution in [0.5, 0.6) is 0 Å². The first-order valence-corrected chi connectivity index (χ1v) is 8.31. The number of hydrogen-bond acceptors (Lipinski definition) is 4. The van der Waals surface area contributed by atoms with Crippen LogP contribution in [0.4, 0.5) is 0 Å². The monoisotopic (exact) mass is 313 g/mol. The lowest BCUT2D eigenvalue weighted by atomic mass is 9.98. The third kappa shape index (κ3) is 3.78. The van der Waals surface area contributed by atoms with Crippen LogP contribution in [0.15, 0.2) is 27.7 Å². The number of carbonyl (C=O) groups is 1. The van der Waals surface area contributed by atoms with Crippen LogP contribution in [0.25, 0.3) is 5.57 Å². The molecule has 1 aromatic rings. The molecule has 0 saturated carbocycles. The highest BCUT2D eigenvalue weighted by Crippen LogP contribution is 2.25. The molecule has 0 radical (unpaired) electrons. The molecule has 0 spiro atoms. The lowest BCUT2D eigenvalue weighted by molar-refractivity contribution is -0.124. The molecule has 23 heavy (non-hydrogen) atoms. The maximum absolute atomic E-state index is 11.4. The van der Waals surface area contributed by atoms with Crippen molar-refractivity contribution in [3.05, 3.63) is 35.6 Å². The predicted molar refractivity (Wildman–Crippen MR) is 89.9 cm³/mol. The van der Waals surface area contributed by atoms with Gasteiger partial charge in [-0.3, -0.25) is 4.79 Å². The first-order valence-electron chi connectivity index (χ1n) is 8.31. The van der Waals surface area contributed by atoms with Gasteiger partial charge >= 0.3 is 0 Å². The zero-order valence-electron chi connectivity index (χ0n) is 13.8. The van der Waals surface area contributed by atoms with Crippen LogP contribution in [0.1, 0.15) is 56.4 Å². The summed E-state index contributed by atoms with van der Waals surface area (Å²) in [6.07, 6.45) is 11.8. The Balaban J connectivity index is 1.57. The Hall–Kier alpha value is -2.17. The van der Waals surface area contributed by atoms with E-state index >= 15 is 0 Å². The zero-order chi connectivity index (χ0) is 16.2. The largest absolute Gasteiger partial charge is 0.441 e. The number of carbonyl (C=O) groups excluding carboxylic acids is 1. The number of aromatic nitrogens is 1. The molecule has 1 aliphatic carbocycles. The summed E-state index contributed by atoms with van der Waals surface area (Å²) in [6.45, 7) is 3.91. The lowest BCUT2D eigenvalue weighted by Crippen LogP contribution is -2.32. The number of rotatable bonds is 5. The molecule has 0 fully saturated rings. The summed E-state index contributed by atoms with van der Waals surface area (Å²) in [4.78, 5) is 16.0. The molecular formula is C18H23N3O2. The van der Waals surface area contributed by atoms with Crippen molar-refractivity contribution in [1.29, 1.82) is 0 Å². The van der Waals surface area contributed by atoms with Gasteiger partial charge in [0.05, 0.1) is 5.69 Å². The maximum Gasteiger partial charge on any atom is 0.243 e. The number of nitrogens with zero attached hydrogens (tertiary/aromatic N) is 2. The van der Waals surface area contributed by atoms with Crippen LogP contribution < -0.4 is 5.43 Å². The van der Waals surface area contributed by atoms with Crippen molar-refractivity contribution in [2.45, 2.75) is 52.4 Å². The number of oxazole rings is 1. The summed E-state index contributed by atoms with van der Waals surface area (Å²) in [5.41, 5.74) is 5.87. The van der Waals surface area contributed by atoms with Crippen LogP contribution in [0.2, 0.25) is 0 Å². The van der Waals surface area contributed by atoms with Crippen molar-refractivity contribution in [1.82, 2.24) is 10.4 Å². The molecule has 2 heterocycles. The lowest BCUT2D eigenvalue weighted by Gasteiger charge is -2.17. The van der Waals surface area contributed by atoms with Crippen LogP contribution in [-0.4, -0.2) is 16.6 Å². The number of amides is 1. The SMILES string of the molecule is Cc1oc(C2=CC=CCC2)nc1CCCC1=NNC(=O)C(C)C1. The Bertz CT molecular complexity index is 682. The van der Waals surface area contributed by atoms with Gasteiger partial charge in [0.2, 0.25) is 11.8 Å². The molecule has 1 aliphatic heterocycles. The second-order valence-corrected chi connectivity index (χ2v) is 6.29. The predicted octanol–water partition coefficient (Wildman–Crippen LogP) is 3.55. The molecule has 1 aromatic heterocycles. The molecule has 1 unspecified atom stereocenters. The van der Waals surface area contributed by atoms with Crippen LogP contribution in [0.3, 0.4) is 0 Å². The number of hydrazone groups is 1. The van der Waals surface area contributed by atoms with Gasteiger partial charge in [-0.1, -0.05) is 25.2 Å². The summed E-state index contributed by atoms with van der Waals surface area (Å²) >= 11 is 0. The van der Waals surface area contributed by atoms with Crippen molar-refractivity contribution in [3.63, 3.8) is 0 Å². The highest BCUT2D eigenvalue weighted by Gasteiger charge is 2.20. The Morgan fingerprint density at radius 2 is 2.26 bits per heavy atom. The van der Waals surface area contributed by atoms with Gasteiger partial charge < -0.3 is 4.42 Å². The average Bonchev–Trinajstić information content (AvgIpc) is 2.93. The first-order chi connectivity index (χ1) is 11.1.